The second kappa shape index (κ2) is 6.63. The van der Waals surface area contributed by atoms with Gasteiger partial charge in [-0.15, -0.1) is 0 Å². The van der Waals surface area contributed by atoms with E-state index in [0.717, 1.165) is 6.07 Å². The zero-order valence-electron chi connectivity index (χ0n) is 12.2. The summed E-state index contributed by atoms with van der Waals surface area (Å²) in [5, 5.41) is 9.08. The van der Waals surface area contributed by atoms with Crippen molar-refractivity contribution in [1.82, 2.24) is 4.90 Å². The van der Waals surface area contributed by atoms with E-state index in [-0.39, 0.29) is 16.9 Å². The van der Waals surface area contributed by atoms with Gasteiger partial charge in [0.25, 0.3) is 6.43 Å². The van der Waals surface area contributed by atoms with Crippen molar-refractivity contribution in [3.05, 3.63) is 23.3 Å². The summed E-state index contributed by atoms with van der Waals surface area (Å²) in [5.74, 6) is 0. The van der Waals surface area contributed by atoms with Crippen molar-refractivity contribution in [2.75, 3.05) is 26.6 Å². The van der Waals surface area contributed by atoms with Gasteiger partial charge in [-0.1, -0.05) is 0 Å². The van der Waals surface area contributed by atoms with E-state index in [1.807, 2.05) is 0 Å². The lowest BCUT2D eigenvalue weighted by Crippen LogP contribution is -2.07. The van der Waals surface area contributed by atoms with Crippen LogP contribution in [0.3, 0.4) is 0 Å². The number of nitrogens with zero attached hydrogens (tertiary/aromatic N) is 4. The summed E-state index contributed by atoms with van der Waals surface area (Å²) in [4.78, 5) is 5.61. The summed E-state index contributed by atoms with van der Waals surface area (Å²) < 4.78 is 41.8. The van der Waals surface area contributed by atoms with Gasteiger partial charge in [-0.3, -0.25) is 0 Å². The Kier molecular flexibility index (Phi) is 5.38. The van der Waals surface area contributed by atoms with Crippen molar-refractivity contribution in [2.45, 2.75) is 6.43 Å². The Morgan fingerprint density at radius 1 is 1.38 bits per heavy atom. The van der Waals surface area contributed by atoms with Crippen molar-refractivity contribution < 1.29 is 13.0 Å². The van der Waals surface area contributed by atoms with E-state index < -0.39 is 21.7 Å². The molecule has 114 valence electrons. The minimum Gasteiger partial charge on any atom is -0.369 e. The molecule has 0 atom stereocenters. The molecule has 0 bridgehead atoms. The highest BCUT2D eigenvalue weighted by molar-refractivity contribution is 7.92. The molecule has 0 aliphatic heterocycles. The van der Waals surface area contributed by atoms with E-state index in [4.69, 9.17) is 5.26 Å². The van der Waals surface area contributed by atoms with Gasteiger partial charge < -0.3 is 4.90 Å². The Morgan fingerprint density at radius 3 is 2.43 bits per heavy atom. The predicted octanol–water partition coefficient (Wildman–Crippen LogP) is 3.08. The van der Waals surface area contributed by atoms with E-state index >= 15 is 0 Å². The predicted molar refractivity (Wildman–Crippen MR) is 80.0 cm³/mol. The molecule has 0 N–H and O–H groups in total. The summed E-state index contributed by atoms with van der Waals surface area (Å²) in [7, 11) is 0.920. The highest BCUT2D eigenvalue weighted by Crippen LogP contribution is 2.34. The zero-order valence-corrected chi connectivity index (χ0v) is 13.0. The molecular formula is C13H16F2N4OS. The van der Waals surface area contributed by atoms with Gasteiger partial charge >= 0.3 is 0 Å². The fraction of sp³-hybridized carbons (Fsp3) is 0.385. The van der Waals surface area contributed by atoms with Crippen LogP contribution in [-0.2, 0) is 9.73 Å². The topological polar surface area (TPSA) is 68.8 Å². The molecule has 1 aromatic carbocycles. The van der Waals surface area contributed by atoms with Gasteiger partial charge in [-0.25, -0.2) is 18.0 Å². The molecule has 0 aliphatic rings. The van der Waals surface area contributed by atoms with Gasteiger partial charge in [0.05, 0.1) is 23.3 Å². The molecule has 8 heteroatoms. The summed E-state index contributed by atoms with van der Waals surface area (Å²) in [6, 6.07) is 4.18. The molecule has 0 aromatic heterocycles. The van der Waals surface area contributed by atoms with Crippen LogP contribution in [0.1, 0.15) is 17.6 Å². The van der Waals surface area contributed by atoms with Crippen LogP contribution in [0.25, 0.3) is 0 Å². The monoisotopic (exact) mass is 314 g/mol. The summed E-state index contributed by atoms with van der Waals surface area (Å²) in [6.45, 7) is 0. The van der Waals surface area contributed by atoms with E-state index in [1.165, 1.54) is 24.9 Å². The largest absolute Gasteiger partial charge is 0.369 e. The van der Waals surface area contributed by atoms with Gasteiger partial charge in [0.2, 0.25) is 0 Å². The smallest absolute Gasteiger partial charge is 0.265 e. The first kappa shape index (κ1) is 17.0. The van der Waals surface area contributed by atoms with Crippen LogP contribution < -0.4 is 0 Å². The maximum Gasteiger partial charge on any atom is 0.265 e. The molecule has 5 nitrogen and oxygen atoms in total. The van der Waals surface area contributed by atoms with Crippen LogP contribution in [0.4, 0.5) is 20.2 Å². The number of benzene rings is 1. The number of halogens is 2. The molecule has 0 spiro atoms. The quantitative estimate of drug-likeness (QED) is 0.633. The molecule has 0 amide bonds. The van der Waals surface area contributed by atoms with Gasteiger partial charge in [-0.2, -0.15) is 9.62 Å². The third-order valence-electron chi connectivity index (χ3n) is 2.23. The number of aliphatic imine (C=N–C) groups is 1. The molecule has 1 aromatic rings. The Labute approximate surface area is 123 Å². The summed E-state index contributed by atoms with van der Waals surface area (Å²) >= 11 is 0. The molecule has 0 saturated carbocycles. The lowest BCUT2D eigenvalue weighted by atomic mass is 10.1. The third-order valence-corrected chi connectivity index (χ3v) is 2.88. The first-order chi connectivity index (χ1) is 9.64. The van der Waals surface area contributed by atoms with Gasteiger partial charge in [0, 0.05) is 41.9 Å². The van der Waals surface area contributed by atoms with Crippen LogP contribution in [-0.4, -0.2) is 42.1 Å². The summed E-state index contributed by atoms with van der Waals surface area (Å²) in [5.41, 5.74) is -0.481. The standard InChI is InChI=1S/C13H16F2N4OS/c1-19(2)8-17-12-6-9(18-21(3,4)20)5-10(13(14)15)11(12)7-16/h5-6,8,13H,1-4H3. The Bertz CT molecular complexity index is 706. The second-order valence-corrected chi connectivity index (χ2v) is 7.37. The maximum atomic E-state index is 13.1. The van der Waals surface area contributed by atoms with E-state index in [2.05, 4.69) is 9.36 Å². The maximum absolute atomic E-state index is 13.1. The molecule has 0 unspecified atom stereocenters. The second-order valence-electron chi connectivity index (χ2n) is 4.82. The molecule has 1 rings (SSSR count). The average molecular weight is 314 g/mol. The van der Waals surface area contributed by atoms with E-state index in [0.29, 0.717) is 0 Å². The zero-order chi connectivity index (χ0) is 16.2. The summed E-state index contributed by atoms with van der Waals surface area (Å²) in [6.07, 6.45) is 1.35. The SMILES string of the molecule is CN(C)C=Nc1cc(N=S(C)(C)=O)cc(C(F)F)c1C#N. The Morgan fingerprint density at radius 2 is 2.00 bits per heavy atom. The van der Waals surface area contributed by atoms with Crippen LogP contribution >= 0.6 is 0 Å². The molecule has 0 radical (unpaired) electrons. The average Bonchev–Trinajstić information content (AvgIpc) is 2.33. The molecule has 21 heavy (non-hydrogen) atoms. The first-order valence-corrected chi connectivity index (χ1v) is 8.21. The van der Waals surface area contributed by atoms with E-state index in [1.54, 1.807) is 25.1 Å². The Balaban J connectivity index is 3.61. The van der Waals surface area contributed by atoms with E-state index in [9.17, 15) is 13.0 Å². The minimum absolute atomic E-state index is 0.0754. The molecular weight excluding hydrogens is 298 g/mol. The fourth-order valence-corrected chi connectivity index (χ4v) is 2.13. The van der Waals surface area contributed by atoms with Gasteiger partial charge in [0.1, 0.15) is 6.07 Å². The lowest BCUT2D eigenvalue weighted by Gasteiger charge is -2.09. The normalized spacial score (nSPS) is 11.7. The van der Waals surface area contributed by atoms with Crippen molar-refractivity contribution >= 4 is 27.4 Å². The van der Waals surface area contributed by atoms with Crippen LogP contribution in [0.5, 0.6) is 0 Å². The highest BCUT2D eigenvalue weighted by atomic mass is 32.2. The van der Waals surface area contributed by atoms with Crippen LogP contribution in [0.2, 0.25) is 0 Å². The number of nitriles is 1. The minimum atomic E-state index is -2.84. The number of rotatable bonds is 4. The Hall–Kier alpha value is -2.01. The highest BCUT2D eigenvalue weighted by Gasteiger charge is 2.18. The molecule has 0 aliphatic carbocycles. The first-order valence-electron chi connectivity index (χ1n) is 5.88. The van der Waals surface area contributed by atoms with Gasteiger partial charge in [-0.05, 0) is 12.1 Å². The number of hydrogen-bond acceptors (Lipinski definition) is 4. The molecule has 0 heterocycles. The molecule has 0 saturated heterocycles. The van der Waals surface area contributed by atoms with Gasteiger partial charge in [0.15, 0.2) is 0 Å². The van der Waals surface area contributed by atoms with Crippen molar-refractivity contribution in [3.8, 4) is 6.07 Å². The lowest BCUT2D eigenvalue weighted by molar-refractivity contribution is 0.151. The van der Waals surface area contributed by atoms with Crippen LogP contribution in [0, 0.1) is 11.3 Å². The number of hydrogen-bond donors (Lipinski definition) is 0. The number of alkyl halides is 2. The van der Waals surface area contributed by atoms with Crippen molar-refractivity contribution in [3.63, 3.8) is 0 Å². The van der Waals surface area contributed by atoms with Crippen LogP contribution in [0.15, 0.2) is 21.5 Å². The third kappa shape index (κ3) is 5.11. The van der Waals surface area contributed by atoms with Crippen molar-refractivity contribution in [2.24, 2.45) is 9.36 Å². The van der Waals surface area contributed by atoms with Crippen molar-refractivity contribution in [1.29, 1.82) is 5.26 Å². The molecule has 0 fully saturated rings. The fourth-order valence-electron chi connectivity index (χ4n) is 1.51.